The quantitative estimate of drug-likeness (QED) is 0.243. The average Bonchev–Trinajstić information content (AvgIpc) is 3.35. The summed E-state index contributed by atoms with van der Waals surface area (Å²) in [6.07, 6.45) is 6.27. The van der Waals surface area contributed by atoms with Crippen LogP contribution in [0.4, 0.5) is 0 Å². The molecule has 1 nitrogen and oxygen atoms in total. The Morgan fingerprint density at radius 2 is 1.29 bits per heavy atom. The fraction of sp³-hybridized carbons (Fsp3) is 0.0270. The number of furan rings is 1. The van der Waals surface area contributed by atoms with Gasteiger partial charge in [0.25, 0.3) is 0 Å². The van der Waals surface area contributed by atoms with Crippen LogP contribution < -0.4 is 10.4 Å². The van der Waals surface area contributed by atoms with Gasteiger partial charge in [-0.3, -0.25) is 0 Å². The molecule has 7 rings (SSSR count). The zero-order valence-electron chi connectivity index (χ0n) is 21.2. The topological polar surface area (TPSA) is 13.1 Å². The molecule has 6 aromatic carbocycles. The van der Waals surface area contributed by atoms with Gasteiger partial charge in [0.15, 0.2) is 0 Å². The summed E-state index contributed by atoms with van der Waals surface area (Å²) in [6.45, 7) is 6.22. The molecule has 0 aliphatic heterocycles. The lowest BCUT2D eigenvalue weighted by Crippen LogP contribution is -2.29. The summed E-state index contributed by atoms with van der Waals surface area (Å²) in [4.78, 5) is 0. The molecule has 0 amide bonds. The number of benzene rings is 6. The van der Waals surface area contributed by atoms with Crippen LogP contribution in [0.5, 0.6) is 0 Å². The lowest BCUT2D eigenvalue weighted by Gasteiger charge is -2.16. The minimum absolute atomic E-state index is 0.906. The summed E-state index contributed by atoms with van der Waals surface area (Å²) >= 11 is 0. The lowest BCUT2D eigenvalue weighted by atomic mass is 9.87. The smallest absolute Gasteiger partial charge is 0.143 e. The van der Waals surface area contributed by atoms with Crippen molar-refractivity contribution < 1.29 is 4.42 Å². The van der Waals surface area contributed by atoms with E-state index in [9.17, 15) is 0 Å². The molecule has 1 heteroatoms. The van der Waals surface area contributed by atoms with Crippen molar-refractivity contribution in [1.29, 1.82) is 0 Å². The van der Waals surface area contributed by atoms with Crippen molar-refractivity contribution >= 4 is 55.6 Å². The predicted molar refractivity (Wildman–Crippen MR) is 164 cm³/mol. The summed E-state index contributed by atoms with van der Waals surface area (Å²) < 4.78 is 6.51. The molecule has 0 bridgehead atoms. The largest absolute Gasteiger partial charge is 0.455 e. The maximum Gasteiger partial charge on any atom is 0.143 e. The molecule has 0 radical (unpaired) electrons. The Balaban J connectivity index is 1.67. The van der Waals surface area contributed by atoms with E-state index in [4.69, 9.17) is 4.42 Å². The molecule has 0 aliphatic rings. The van der Waals surface area contributed by atoms with E-state index < -0.39 is 0 Å². The number of rotatable bonds is 3. The van der Waals surface area contributed by atoms with Crippen molar-refractivity contribution in [1.82, 2.24) is 0 Å². The Hall–Kier alpha value is -4.88. The van der Waals surface area contributed by atoms with Crippen LogP contribution in [0.15, 0.2) is 126 Å². The van der Waals surface area contributed by atoms with E-state index in [2.05, 4.69) is 123 Å². The molecular weight excluding hydrogens is 460 g/mol. The molecule has 1 heterocycles. The van der Waals surface area contributed by atoms with Crippen molar-refractivity contribution in [2.24, 2.45) is 0 Å². The first kappa shape index (κ1) is 22.3. The van der Waals surface area contributed by atoms with Gasteiger partial charge in [-0.15, -0.1) is 0 Å². The lowest BCUT2D eigenvalue weighted by molar-refractivity contribution is 0.670. The monoisotopic (exact) mass is 486 g/mol. The first-order valence-electron chi connectivity index (χ1n) is 13.0. The van der Waals surface area contributed by atoms with Crippen molar-refractivity contribution in [2.45, 2.75) is 6.92 Å². The van der Waals surface area contributed by atoms with E-state index in [-0.39, 0.29) is 0 Å². The molecule has 7 aromatic rings. The van der Waals surface area contributed by atoms with Crippen LogP contribution in [-0.2, 0) is 0 Å². The van der Waals surface area contributed by atoms with Crippen molar-refractivity contribution in [3.8, 4) is 22.3 Å². The highest BCUT2D eigenvalue weighted by Gasteiger charge is 2.18. The van der Waals surface area contributed by atoms with E-state index in [1.165, 1.54) is 43.5 Å². The molecule has 0 unspecified atom stereocenters. The van der Waals surface area contributed by atoms with Gasteiger partial charge in [0.05, 0.1) is 0 Å². The Bertz CT molecular complexity index is 2160. The second-order valence-corrected chi connectivity index (χ2v) is 9.66. The normalized spacial score (nSPS) is 12.8. The van der Waals surface area contributed by atoms with Gasteiger partial charge in [-0.25, -0.2) is 0 Å². The number of fused-ring (bicyclic) bond motifs is 5. The fourth-order valence-corrected chi connectivity index (χ4v) is 5.96. The Kier molecular flexibility index (Phi) is 5.23. The highest BCUT2D eigenvalue weighted by atomic mass is 16.3. The standard InChI is InChI=1S/C37H26O/c1-3-12-29-27(4-2)35(26-22-21-24-13-5-6-14-25(24)23-26)30-16-7-8-17-31(30)36(29)33-19-11-18-32-28-15-9-10-20-34(28)38-37(32)33/h3-23H,1H2,2H3/b27-4+,29-12+. The second kappa shape index (κ2) is 8.90. The van der Waals surface area contributed by atoms with Crippen LogP contribution in [-0.4, -0.2) is 0 Å². The number of hydrogen-bond donors (Lipinski definition) is 0. The summed E-state index contributed by atoms with van der Waals surface area (Å²) in [7, 11) is 0. The summed E-state index contributed by atoms with van der Waals surface area (Å²) in [6, 6.07) is 38.8. The Morgan fingerprint density at radius 3 is 2.08 bits per heavy atom. The second-order valence-electron chi connectivity index (χ2n) is 9.66. The van der Waals surface area contributed by atoms with Crippen LogP contribution in [0.25, 0.3) is 77.9 Å². The Labute approximate surface area is 221 Å². The first-order chi connectivity index (χ1) is 18.8. The van der Waals surface area contributed by atoms with Gasteiger partial charge in [-0.05, 0) is 62.2 Å². The number of para-hydroxylation sites is 2. The van der Waals surface area contributed by atoms with Gasteiger partial charge in [-0.1, -0.05) is 122 Å². The molecule has 38 heavy (non-hydrogen) atoms. The molecule has 0 saturated heterocycles. The van der Waals surface area contributed by atoms with Gasteiger partial charge in [0.1, 0.15) is 11.2 Å². The van der Waals surface area contributed by atoms with Crippen LogP contribution in [0.1, 0.15) is 6.92 Å². The van der Waals surface area contributed by atoms with E-state index in [1.54, 1.807) is 0 Å². The van der Waals surface area contributed by atoms with Crippen molar-refractivity contribution in [3.63, 3.8) is 0 Å². The minimum atomic E-state index is 0.906. The molecule has 0 fully saturated rings. The number of hydrogen-bond acceptors (Lipinski definition) is 1. The molecule has 0 atom stereocenters. The highest BCUT2D eigenvalue weighted by Crippen LogP contribution is 2.38. The van der Waals surface area contributed by atoms with Crippen molar-refractivity contribution in [2.75, 3.05) is 0 Å². The molecule has 0 spiro atoms. The molecule has 0 saturated carbocycles. The fourth-order valence-electron chi connectivity index (χ4n) is 5.96. The van der Waals surface area contributed by atoms with E-state index in [1.807, 2.05) is 18.2 Å². The first-order valence-corrected chi connectivity index (χ1v) is 13.0. The average molecular weight is 487 g/mol. The SMILES string of the molecule is C=C/C=c1/c(-c2cccc3c2oc2ccccc23)c2ccccc2c(-c2ccc3ccccc3c2)/c1=C/C. The van der Waals surface area contributed by atoms with Crippen LogP contribution in [0, 0.1) is 0 Å². The molecule has 0 aliphatic carbocycles. The van der Waals surface area contributed by atoms with Crippen LogP contribution >= 0.6 is 0 Å². The van der Waals surface area contributed by atoms with Crippen molar-refractivity contribution in [3.05, 3.63) is 132 Å². The third-order valence-corrected chi connectivity index (χ3v) is 7.58. The predicted octanol–water partition coefficient (Wildman–Crippen LogP) is 8.99. The van der Waals surface area contributed by atoms with Gasteiger partial charge >= 0.3 is 0 Å². The molecular formula is C37H26O. The third kappa shape index (κ3) is 3.33. The minimum Gasteiger partial charge on any atom is -0.455 e. The van der Waals surface area contributed by atoms with Gasteiger partial charge in [0.2, 0.25) is 0 Å². The van der Waals surface area contributed by atoms with Crippen LogP contribution in [0.2, 0.25) is 0 Å². The number of allylic oxidation sites excluding steroid dienone is 1. The molecule has 0 N–H and O–H groups in total. The zero-order valence-corrected chi connectivity index (χ0v) is 21.2. The van der Waals surface area contributed by atoms with E-state index >= 15 is 0 Å². The van der Waals surface area contributed by atoms with Gasteiger partial charge in [0, 0.05) is 21.9 Å². The maximum atomic E-state index is 6.51. The Morgan fingerprint density at radius 1 is 0.605 bits per heavy atom. The van der Waals surface area contributed by atoms with E-state index in [0.717, 1.165) is 32.7 Å². The summed E-state index contributed by atoms with van der Waals surface area (Å²) in [5.41, 5.74) is 6.53. The highest BCUT2D eigenvalue weighted by molar-refractivity contribution is 6.14. The third-order valence-electron chi connectivity index (χ3n) is 7.58. The van der Waals surface area contributed by atoms with Gasteiger partial charge < -0.3 is 4.42 Å². The zero-order chi connectivity index (χ0) is 25.6. The van der Waals surface area contributed by atoms with Gasteiger partial charge in [-0.2, -0.15) is 0 Å². The summed E-state index contributed by atoms with van der Waals surface area (Å²) in [5, 5.41) is 9.52. The molecule has 1 aromatic heterocycles. The maximum absolute atomic E-state index is 6.51. The van der Waals surface area contributed by atoms with Crippen LogP contribution in [0.3, 0.4) is 0 Å². The molecule has 180 valence electrons. The summed E-state index contributed by atoms with van der Waals surface area (Å²) in [5.74, 6) is 0. The van der Waals surface area contributed by atoms with E-state index in [0.29, 0.717) is 0 Å².